The molecular weight excluding hydrogens is 254 g/mol. The zero-order valence-corrected chi connectivity index (χ0v) is 11.1. The first-order valence-electron chi connectivity index (χ1n) is 5.49. The van der Waals surface area contributed by atoms with Crippen LogP contribution in [0.25, 0.3) is 0 Å². The van der Waals surface area contributed by atoms with Crippen LogP contribution in [-0.4, -0.2) is 35.2 Å². The van der Waals surface area contributed by atoms with Gasteiger partial charge in [0.05, 0.1) is 10.6 Å². The lowest BCUT2D eigenvalue weighted by Crippen LogP contribution is -2.57. The van der Waals surface area contributed by atoms with Gasteiger partial charge in [0.15, 0.2) is 10.9 Å². The summed E-state index contributed by atoms with van der Waals surface area (Å²) in [5, 5.41) is 2.80. The minimum absolute atomic E-state index is 0.0586. The molecule has 18 heavy (non-hydrogen) atoms. The summed E-state index contributed by atoms with van der Waals surface area (Å²) in [6, 6.07) is -0.465. The number of ketones is 1. The van der Waals surface area contributed by atoms with Gasteiger partial charge in [0.25, 0.3) is 0 Å². The van der Waals surface area contributed by atoms with Crippen molar-refractivity contribution in [3.05, 3.63) is 10.6 Å². The van der Waals surface area contributed by atoms with Crippen LogP contribution < -0.4 is 10.2 Å². The lowest BCUT2D eigenvalue weighted by molar-refractivity contribution is -0.132. The summed E-state index contributed by atoms with van der Waals surface area (Å²) in [5.74, 6) is -0.754. The second-order valence-electron chi connectivity index (χ2n) is 4.18. The first kappa shape index (κ1) is 12.7. The molecule has 1 aliphatic rings. The van der Waals surface area contributed by atoms with Crippen molar-refractivity contribution >= 4 is 34.1 Å². The number of nitrogens with zero attached hydrogens (tertiary/aromatic N) is 2. The van der Waals surface area contributed by atoms with Crippen LogP contribution in [0.5, 0.6) is 0 Å². The van der Waals surface area contributed by atoms with E-state index in [2.05, 4.69) is 10.3 Å². The highest BCUT2D eigenvalue weighted by atomic mass is 32.1. The molecule has 96 valence electrons. The number of thiazole rings is 1. The molecule has 6 nitrogen and oxygen atoms in total. The van der Waals surface area contributed by atoms with Crippen molar-refractivity contribution in [2.45, 2.75) is 26.8 Å². The van der Waals surface area contributed by atoms with E-state index in [-0.39, 0.29) is 24.1 Å². The highest BCUT2D eigenvalue weighted by Gasteiger charge is 2.32. The van der Waals surface area contributed by atoms with Gasteiger partial charge in [-0.2, -0.15) is 0 Å². The molecule has 0 aliphatic carbocycles. The van der Waals surface area contributed by atoms with Crippen LogP contribution >= 0.6 is 11.3 Å². The summed E-state index contributed by atoms with van der Waals surface area (Å²) in [5.41, 5.74) is 0.633. The second-order valence-corrected chi connectivity index (χ2v) is 5.16. The smallest absolute Gasteiger partial charge is 0.249 e. The number of carbonyl (C=O) groups is 3. The van der Waals surface area contributed by atoms with Gasteiger partial charge in [0, 0.05) is 6.92 Å². The van der Waals surface area contributed by atoms with E-state index in [1.54, 1.807) is 18.7 Å². The van der Waals surface area contributed by atoms with Gasteiger partial charge in [-0.3, -0.25) is 19.7 Å². The number of rotatable bonds is 2. The highest BCUT2D eigenvalue weighted by molar-refractivity contribution is 7.17. The Morgan fingerprint density at radius 2 is 2.17 bits per heavy atom. The summed E-state index contributed by atoms with van der Waals surface area (Å²) >= 11 is 1.21. The molecule has 1 fully saturated rings. The Bertz CT molecular complexity index is 538. The van der Waals surface area contributed by atoms with Gasteiger partial charge in [-0.1, -0.05) is 11.3 Å². The average molecular weight is 267 g/mol. The van der Waals surface area contributed by atoms with Crippen molar-refractivity contribution in [2.24, 2.45) is 0 Å². The van der Waals surface area contributed by atoms with Crippen molar-refractivity contribution in [1.82, 2.24) is 10.3 Å². The van der Waals surface area contributed by atoms with Gasteiger partial charge < -0.3 is 4.90 Å². The number of hydrogen-bond acceptors (Lipinski definition) is 6. The summed E-state index contributed by atoms with van der Waals surface area (Å²) in [4.78, 5) is 40.7. The molecule has 1 aromatic rings. The number of hydrogen-bond donors (Lipinski definition) is 1. The van der Waals surface area contributed by atoms with Crippen LogP contribution in [0.2, 0.25) is 0 Å². The van der Waals surface area contributed by atoms with E-state index >= 15 is 0 Å². The molecule has 0 aromatic carbocycles. The number of Topliss-reactive ketones (excluding diaryl/α,β-unsaturated/α-hetero) is 1. The second kappa shape index (κ2) is 4.49. The Morgan fingerprint density at radius 1 is 1.50 bits per heavy atom. The molecule has 1 aromatic heterocycles. The zero-order valence-electron chi connectivity index (χ0n) is 10.3. The number of carbonyl (C=O) groups excluding carboxylic acids is 3. The normalized spacial score (nSPS) is 19.9. The molecule has 0 saturated carbocycles. The third kappa shape index (κ3) is 2.13. The molecule has 2 rings (SSSR count). The van der Waals surface area contributed by atoms with Crippen LogP contribution in [0.3, 0.4) is 0 Å². The van der Waals surface area contributed by atoms with Gasteiger partial charge in [-0.25, -0.2) is 4.98 Å². The molecule has 1 N–H and O–H groups in total. The summed E-state index contributed by atoms with van der Waals surface area (Å²) in [6.45, 7) is 5.00. The predicted molar refractivity (Wildman–Crippen MR) is 66.8 cm³/mol. The predicted octanol–water partition coefficient (Wildman–Crippen LogP) is 0.505. The molecule has 1 unspecified atom stereocenters. The van der Waals surface area contributed by atoms with Crippen LogP contribution in [0.15, 0.2) is 0 Å². The Hall–Kier alpha value is -1.76. The van der Waals surface area contributed by atoms with E-state index in [0.717, 1.165) is 0 Å². The van der Waals surface area contributed by atoms with Gasteiger partial charge in [-0.15, -0.1) is 0 Å². The van der Waals surface area contributed by atoms with Crippen molar-refractivity contribution in [3.63, 3.8) is 0 Å². The van der Waals surface area contributed by atoms with E-state index in [0.29, 0.717) is 15.7 Å². The first-order valence-corrected chi connectivity index (χ1v) is 6.30. The largest absolute Gasteiger partial charge is 0.327 e. The van der Waals surface area contributed by atoms with Crippen LogP contribution in [0, 0.1) is 6.92 Å². The Morgan fingerprint density at radius 3 is 2.72 bits per heavy atom. The maximum atomic E-state index is 11.6. The van der Waals surface area contributed by atoms with Gasteiger partial charge >= 0.3 is 0 Å². The van der Waals surface area contributed by atoms with E-state index in [4.69, 9.17) is 0 Å². The zero-order chi connectivity index (χ0) is 13.4. The number of anilines is 1. The van der Waals surface area contributed by atoms with Crippen molar-refractivity contribution in [1.29, 1.82) is 0 Å². The molecule has 1 atom stereocenters. The van der Waals surface area contributed by atoms with E-state index < -0.39 is 6.04 Å². The van der Waals surface area contributed by atoms with Crippen LogP contribution in [-0.2, 0) is 9.59 Å². The van der Waals surface area contributed by atoms with E-state index in [1.807, 2.05) is 0 Å². The summed E-state index contributed by atoms with van der Waals surface area (Å²) in [7, 11) is 0. The molecule has 2 heterocycles. The quantitative estimate of drug-likeness (QED) is 0.623. The lowest BCUT2D eigenvalue weighted by atomic mass is 10.2. The molecule has 7 heteroatoms. The topological polar surface area (TPSA) is 79.4 Å². The molecular formula is C11H13N3O3S. The first-order chi connectivity index (χ1) is 8.40. The number of piperazine rings is 1. The fraction of sp³-hybridized carbons (Fsp3) is 0.455. The molecule has 1 saturated heterocycles. The maximum absolute atomic E-state index is 11.6. The summed E-state index contributed by atoms with van der Waals surface area (Å²) in [6.07, 6.45) is 0. The molecule has 0 spiro atoms. The SMILES string of the molecule is CC(=O)c1sc(N2CC(=O)NC(=O)C2C)nc1C. The number of imide groups is 1. The van der Waals surface area contributed by atoms with Gasteiger partial charge in [0.2, 0.25) is 11.8 Å². The lowest BCUT2D eigenvalue weighted by Gasteiger charge is -2.31. The van der Waals surface area contributed by atoms with Crippen LogP contribution in [0.1, 0.15) is 29.2 Å². The summed E-state index contributed by atoms with van der Waals surface area (Å²) < 4.78 is 0. The third-order valence-electron chi connectivity index (χ3n) is 2.77. The Labute approximate surface area is 108 Å². The fourth-order valence-electron chi connectivity index (χ4n) is 1.78. The third-order valence-corrected chi connectivity index (χ3v) is 4.07. The standard InChI is InChI=1S/C11H13N3O3S/c1-5-9(7(3)15)18-11(12-5)14-4-8(16)13-10(17)6(14)2/h6H,4H2,1-3H3,(H,13,16,17). The van der Waals surface area contributed by atoms with E-state index in [1.165, 1.54) is 18.3 Å². The number of nitrogens with one attached hydrogen (secondary N) is 1. The molecule has 0 bridgehead atoms. The molecule has 2 amide bonds. The highest BCUT2D eigenvalue weighted by Crippen LogP contribution is 2.28. The monoisotopic (exact) mass is 267 g/mol. The number of amides is 2. The van der Waals surface area contributed by atoms with E-state index in [9.17, 15) is 14.4 Å². The van der Waals surface area contributed by atoms with Crippen molar-refractivity contribution in [3.8, 4) is 0 Å². The van der Waals surface area contributed by atoms with Crippen molar-refractivity contribution in [2.75, 3.05) is 11.4 Å². The minimum Gasteiger partial charge on any atom is -0.327 e. The molecule has 1 aliphatic heterocycles. The number of aromatic nitrogens is 1. The molecule has 0 radical (unpaired) electrons. The Balaban J connectivity index is 2.35. The minimum atomic E-state index is -0.465. The maximum Gasteiger partial charge on any atom is 0.249 e. The van der Waals surface area contributed by atoms with Crippen LogP contribution in [0.4, 0.5) is 5.13 Å². The number of aryl methyl sites for hydroxylation is 1. The van der Waals surface area contributed by atoms with Crippen molar-refractivity contribution < 1.29 is 14.4 Å². The van der Waals surface area contributed by atoms with Gasteiger partial charge in [-0.05, 0) is 13.8 Å². The average Bonchev–Trinajstić information content (AvgIpc) is 2.65. The van der Waals surface area contributed by atoms with Gasteiger partial charge in [0.1, 0.15) is 12.6 Å². The fourth-order valence-corrected chi connectivity index (χ4v) is 2.82. The Kier molecular flexibility index (Phi) is 3.16.